The van der Waals surface area contributed by atoms with Gasteiger partial charge < -0.3 is 15.4 Å². The Morgan fingerprint density at radius 3 is 2.83 bits per heavy atom. The first kappa shape index (κ1) is 7.86. The van der Waals surface area contributed by atoms with E-state index in [0.29, 0.717) is 24.5 Å². The lowest BCUT2D eigenvalue weighted by molar-refractivity contribution is 0.150. The first-order valence-electron chi connectivity index (χ1n) is 4.47. The molecule has 1 saturated carbocycles. The van der Waals surface area contributed by atoms with Crippen molar-refractivity contribution in [3.8, 4) is 0 Å². The van der Waals surface area contributed by atoms with Gasteiger partial charge in [0.2, 0.25) is 0 Å². The highest BCUT2D eigenvalue weighted by Gasteiger charge is 2.53. The number of alkyl carbamates (subject to hydrolysis) is 1. The number of amides is 1. The zero-order valence-corrected chi connectivity index (χ0v) is 7.17. The van der Waals surface area contributed by atoms with E-state index in [2.05, 4.69) is 10.6 Å². The third-order valence-corrected chi connectivity index (χ3v) is 2.65. The average Bonchev–Trinajstić information content (AvgIpc) is 2.51. The van der Waals surface area contributed by atoms with E-state index in [1.54, 1.807) is 0 Å². The smallest absolute Gasteiger partial charge is 0.407 e. The van der Waals surface area contributed by atoms with E-state index in [-0.39, 0.29) is 6.09 Å². The van der Waals surface area contributed by atoms with E-state index in [1.807, 2.05) is 6.92 Å². The van der Waals surface area contributed by atoms with Crippen LogP contribution in [0.15, 0.2) is 0 Å². The molecule has 1 aliphatic carbocycles. The molecule has 12 heavy (non-hydrogen) atoms. The molecule has 1 amide bonds. The van der Waals surface area contributed by atoms with Crippen LogP contribution in [-0.2, 0) is 4.74 Å². The number of fused-ring (bicyclic) bond motifs is 1. The fourth-order valence-electron chi connectivity index (χ4n) is 1.94. The molecule has 2 unspecified atom stereocenters. The van der Waals surface area contributed by atoms with Gasteiger partial charge in [0.05, 0.1) is 6.61 Å². The standard InChI is InChI=1S/C8H14N2O2/c1-2-12-8(11)10-7-5-3-9-4-6(5)7/h5-7,9H,2-4H2,1H3,(H,10,11). The molecule has 0 spiro atoms. The largest absolute Gasteiger partial charge is 0.450 e. The summed E-state index contributed by atoms with van der Waals surface area (Å²) in [4.78, 5) is 11.0. The molecule has 0 aromatic rings. The van der Waals surface area contributed by atoms with Crippen LogP contribution in [0.4, 0.5) is 4.79 Å². The molecular weight excluding hydrogens is 156 g/mol. The third kappa shape index (κ3) is 1.27. The maximum atomic E-state index is 11.0. The molecule has 0 bridgehead atoms. The Morgan fingerprint density at radius 1 is 1.58 bits per heavy atom. The molecule has 1 saturated heterocycles. The molecule has 4 nitrogen and oxygen atoms in total. The van der Waals surface area contributed by atoms with Crippen LogP contribution < -0.4 is 10.6 Å². The number of nitrogens with one attached hydrogen (secondary N) is 2. The van der Waals surface area contributed by atoms with Gasteiger partial charge in [-0.1, -0.05) is 0 Å². The van der Waals surface area contributed by atoms with Crippen molar-refractivity contribution in [2.24, 2.45) is 11.8 Å². The maximum Gasteiger partial charge on any atom is 0.407 e. The zero-order valence-electron chi connectivity index (χ0n) is 7.17. The molecule has 0 aromatic carbocycles. The van der Waals surface area contributed by atoms with Gasteiger partial charge in [-0.2, -0.15) is 0 Å². The number of piperidine rings is 1. The van der Waals surface area contributed by atoms with Crippen molar-refractivity contribution in [2.75, 3.05) is 19.7 Å². The number of carbonyl (C=O) groups is 1. The van der Waals surface area contributed by atoms with Crippen molar-refractivity contribution in [1.29, 1.82) is 0 Å². The van der Waals surface area contributed by atoms with Gasteiger partial charge in [0, 0.05) is 19.1 Å². The van der Waals surface area contributed by atoms with Crippen molar-refractivity contribution >= 4 is 6.09 Å². The number of rotatable bonds is 2. The van der Waals surface area contributed by atoms with Crippen LogP contribution in [0.1, 0.15) is 6.92 Å². The summed E-state index contributed by atoms with van der Waals surface area (Å²) in [5.74, 6) is 1.32. The molecule has 4 heteroatoms. The SMILES string of the molecule is CCOC(=O)NC1C2CNCC21. The molecule has 1 aliphatic heterocycles. The minimum atomic E-state index is -0.267. The Labute approximate surface area is 71.7 Å². The van der Waals surface area contributed by atoms with Gasteiger partial charge in [-0.05, 0) is 18.8 Å². The first-order chi connectivity index (χ1) is 5.83. The summed E-state index contributed by atoms with van der Waals surface area (Å²) >= 11 is 0. The van der Waals surface area contributed by atoms with Crippen LogP contribution in [-0.4, -0.2) is 31.8 Å². The Hall–Kier alpha value is -0.770. The number of carbonyl (C=O) groups excluding carboxylic acids is 1. The van der Waals surface area contributed by atoms with Crippen molar-refractivity contribution in [2.45, 2.75) is 13.0 Å². The Morgan fingerprint density at radius 2 is 2.25 bits per heavy atom. The van der Waals surface area contributed by atoms with E-state index in [9.17, 15) is 4.79 Å². The second-order valence-electron chi connectivity index (χ2n) is 3.38. The Bertz CT molecular complexity index is 185. The Kier molecular flexibility index (Phi) is 1.92. The summed E-state index contributed by atoms with van der Waals surface area (Å²) in [6.07, 6.45) is -0.267. The summed E-state index contributed by atoms with van der Waals surface area (Å²) in [5, 5.41) is 6.12. The molecule has 2 aliphatic rings. The molecular formula is C8H14N2O2. The second kappa shape index (κ2) is 2.94. The topological polar surface area (TPSA) is 50.4 Å². The van der Waals surface area contributed by atoms with E-state index in [1.165, 1.54) is 0 Å². The lowest BCUT2D eigenvalue weighted by Gasteiger charge is -2.06. The van der Waals surface area contributed by atoms with Crippen LogP contribution in [0.25, 0.3) is 0 Å². The summed E-state index contributed by atoms with van der Waals surface area (Å²) in [6, 6.07) is 0.380. The highest BCUT2D eigenvalue weighted by Crippen LogP contribution is 2.41. The molecule has 68 valence electrons. The van der Waals surface area contributed by atoms with E-state index in [4.69, 9.17) is 4.74 Å². The van der Waals surface area contributed by atoms with Crippen molar-refractivity contribution < 1.29 is 9.53 Å². The average molecular weight is 170 g/mol. The molecule has 2 rings (SSSR count). The van der Waals surface area contributed by atoms with Gasteiger partial charge >= 0.3 is 6.09 Å². The predicted octanol–water partition coefficient (Wildman–Crippen LogP) is -0.0497. The van der Waals surface area contributed by atoms with Gasteiger partial charge in [-0.3, -0.25) is 0 Å². The lowest BCUT2D eigenvalue weighted by Crippen LogP contribution is -2.32. The van der Waals surface area contributed by atoms with Crippen LogP contribution in [0.3, 0.4) is 0 Å². The number of hydrogen-bond donors (Lipinski definition) is 2. The number of ether oxygens (including phenoxy) is 1. The second-order valence-corrected chi connectivity index (χ2v) is 3.38. The summed E-state index contributed by atoms with van der Waals surface area (Å²) in [6.45, 7) is 4.35. The predicted molar refractivity (Wildman–Crippen MR) is 43.8 cm³/mol. The zero-order chi connectivity index (χ0) is 8.55. The maximum absolute atomic E-state index is 11.0. The Balaban J connectivity index is 1.72. The van der Waals surface area contributed by atoms with Gasteiger partial charge in [-0.15, -0.1) is 0 Å². The summed E-state index contributed by atoms with van der Waals surface area (Å²) < 4.78 is 4.79. The van der Waals surface area contributed by atoms with Gasteiger partial charge in [-0.25, -0.2) is 4.79 Å². The van der Waals surface area contributed by atoms with Crippen molar-refractivity contribution in [3.63, 3.8) is 0 Å². The van der Waals surface area contributed by atoms with Crippen LogP contribution in [0, 0.1) is 11.8 Å². The fourth-order valence-corrected chi connectivity index (χ4v) is 1.94. The van der Waals surface area contributed by atoms with E-state index >= 15 is 0 Å². The first-order valence-corrected chi connectivity index (χ1v) is 4.47. The van der Waals surface area contributed by atoms with Gasteiger partial charge in [0.15, 0.2) is 0 Å². The van der Waals surface area contributed by atoms with Crippen LogP contribution in [0.2, 0.25) is 0 Å². The fraction of sp³-hybridized carbons (Fsp3) is 0.875. The van der Waals surface area contributed by atoms with Crippen LogP contribution in [0.5, 0.6) is 0 Å². The molecule has 2 atom stereocenters. The molecule has 1 heterocycles. The lowest BCUT2D eigenvalue weighted by atomic mass is 10.4. The minimum absolute atomic E-state index is 0.267. The van der Waals surface area contributed by atoms with Gasteiger partial charge in [0.1, 0.15) is 0 Å². The quantitative estimate of drug-likeness (QED) is 0.611. The third-order valence-electron chi connectivity index (χ3n) is 2.65. The van der Waals surface area contributed by atoms with Crippen molar-refractivity contribution in [1.82, 2.24) is 10.6 Å². The molecule has 2 N–H and O–H groups in total. The highest BCUT2D eigenvalue weighted by molar-refractivity contribution is 5.68. The summed E-state index contributed by atoms with van der Waals surface area (Å²) in [5.41, 5.74) is 0. The molecule has 0 aromatic heterocycles. The van der Waals surface area contributed by atoms with E-state index < -0.39 is 0 Å². The number of hydrogen-bond acceptors (Lipinski definition) is 3. The molecule has 0 radical (unpaired) electrons. The molecule has 2 fully saturated rings. The van der Waals surface area contributed by atoms with Crippen molar-refractivity contribution in [3.05, 3.63) is 0 Å². The summed E-state index contributed by atoms with van der Waals surface area (Å²) in [7, 11) is 0. The minimum Gasteiger partial charge on any atom is -0.450 e. The highest BCUT2D eigenvalue weighted by atomic mass is 16.5. The monoisotopic (exact) mass is 170 g/mol. The van der Waals surface area contributed by atoms with Gasteiger partial charge in [0.25, 0.3) is 0 Å². The van der Waals surface area contributed by atoms with E-state index in [0.717, 1.165) is 13.1 Å². The van der Waals surface area contributed by atoms with Crippen LogP contribution >= 0.6 is 0 Å². The normalized spacial score (nSPS) is 37.2.